The van der Waals surface area contributed by atoms with E-state index in [1.165, 1.54) is 16.9 Å². The number of hydrogen-bond acceptors (Lipinski definition) is 6. The van der Waals surface area contributed by atoms with E-state index in [1.54, 1.807) is 6.07 Å². The van der Waals surface area contributed by atoms with Crippen LogP contribution in [0.1, 0.15) is 35.3 Å². The van der Waals surface area contributed by atoms with Gasteiger partial charge in [-0.15, -0.1) is 0 Å². The molecule has 8 heteroatoms. The van der Waals surface area contributed by atoms with Crippen LogP contribution in [-0.4, -0.2) is 28.8 Å². The largest absolute Gasteiger partial charge is 0.422 e. The molecule has 2 heterocycles. The average molecular weight is 441 g/mol. The van der Waals surface area contributed by atoms with E-state index in [9.17, 15) is 14.9 Å². The summed E-state index contributed by atoms with van der Waals surface area (Å²) in [5.41, 5.74) is 2.35. The monoisotopic (exact) mass is 441 g/mol. The zero-order valence-corrected chi connectivity index (χ0v) is 18.6. The average Bonchev–Trinajstić information content (AvgIpc) is 3.22. The third-order valence-corrected chi connectivity index (χ3v) is 5.49. The molecule has 0 bridgehead atoms. The van der Waals surface area contributed by atoms with Crippen LogP contribution in [0.2, 0.25) is 0 Å². The smallest absolute Gasteiger partial charge is 0.349 e. The van der Waals surface area contributed by atoms with Crippen molar-refractivity contribution in [2.75, 3.05) is 23.3 Å². The van der Waals surface area contributed by atoms with Gasteiger partial charge in [-0.05, 0) is 51.1 Å². The lowest BCUT2D eigenvalue weighted by molar-refractivity contribution is 0.102. The van der Waals surface area contributed by atoms with Gasteiger partial charge >= 0.3 is 5.63 Å². The van der Waals surface area contributed by atoms with Gasteiger partial charge in [0.25, 0.3) is 5.91 Å². The van der Waals surface area contributed by atoms with Gasteiger partial charge in [0.1, 0.15) is 22.8 Å². The number of nitrogens with zero attached hydrogens (tertiary/aromatic N) is 4. The van der Waals surface area contributed by atoms with Crippen molar-refractivity contribution in [1.82, 2.24) is 9.78 Å². The maximum absolute atomic E-state index is 13.0. The maximum Gasteiger partial charge on any atom is 0.349 e. The number of nitrogens with one attached hydrogen (secondary N) is 1. The van der Waals surface area contributed by atoms with Crippen LogP contribution >= 0.6 is 0 Å². The number of nitriles is 1. The number of rotatable bonds is 6. The molecule has 0 aliphatic rings. The number of amides is 1. The van der Waals surface area contributed by atoms with Gasteiger partial charge in [0.2, 0.25) is 0 Å². The van der Waals surface area contributed by atoms with Gasteiger partial charge in [0, 0.05) is 30.2 Å². The highest BCUT2D eigenvalue weighted by molar-refractivity contribution is 6.05. The van der Waals surface area contributed by atoms with Gasteiger partial charge in [0.15, 0.2) is 5.82 Å². The minimum Gasteiger partial charge on any atom is -0.422 e. The minimum atomic E-state index is -0.753. The second-order valence-electron chi connectivity index (χ2n) is 7.56. The molecule has 4 aromatic rings. The van der Waals surface area contributed by atoms with E-state index < -0.39 is 11.5 Å². The molecular weight excluding hydrogens is 418 g/mol. The van der Waals surface area contributed by atoms with E-state index in [1.807, 2.05) is 63.2 Å². The topological polar surface area (TPSA) is 104 Å². The van der Waals surface area contributed by atoms with E-state index in [0.29, 0.717) is 16.7 Å². The van der Waals surface area contributed by atoms with Gasteiger partial charge < -0.3 is 14.6 Å². The summed E-state index contributed by atoms with van der Waals surface area (Å²) in [5, 5.41) is 17.0. The molecule has 33 heavy (non-hydrogen) atoms. The van der Waals surface area contributed by atoms with E-state index >= 15 is 0 Å². The second kappa shape index (κ2) is 9.01. The zero-order valence-electron chi connectivity index (χ0n) is 18.6. The highest BCUT2D eigenvalue weighted by Crippen LogP contribution is 2.24. The molecule has 4 rings (SSSR count). The summed E-state index contributed by atoms with van der Waals surface area (Å²) in [6, 6.07) is 16.5. The normalized spacial score (nSPS) is 10.7. The fourth-order valence-corrected chi connectivity index (χ4v) is 3.65. The molecule has 0 unspecified atom stereocenters. The van der Waals surface area contributed by atoms with Gasteiger partial charge in [-0.1, -0.05) is 17.7 Å². The molecule has 0 radical (unpaired) electrons. The Labute approximate surface area is 190 Å². The van der Waals surface area contributed by atoms with Gasteiger partial charge in [-0.3, -0.25) is 4.79 Å². The molecule has 2 aromatic heterocycles. The Kier molecular flexibility index (Phi) is 5.96. The first-order chi connectivity index (χ1) is 15.9. The minimum absolute atomic E-state index is 0.154. The van der Waals surface area contributed by atoms with Gasteiger partial charge in [0.05, 0.1) is 11.9 Å². The zero-order chi connectivity index (χ0) is 23.5. The molecular formula is C25H23N5O3. The van der Waals surface area contributed by atoms with E-state index in [4.69, 9.17) is 4.42 Å². The van der Waals surface area contributed by atoms with Crippen LogP contribution in [0, 0.1) is 18.3 Å². The van der Waals surface area contributed by atoms with Crippen molar-refractivity contribution in [2.24, 2.45) is 0 Å². The lowest BCUT2D eigenvalue weighted by Crippen LogP contribution is -2.23. The molecule has 0 saturated heterocycles. The molecule has 0 saturated carbocycles. The van der Waals surface area contributed by atoms with Crippen LogP contribution in [0.5, 0.6) is 0 Å². The van der Waals surface area contributed by atoms with Crippen LogP contribution in [0.15, 0.2) is 63.9 Å². The number of carbonyl (C=O) groups is 1. The van der Waals surface area contributed by atoms with Crippen molar-refractivity contribution in [1.29, 1.82) is 5.26 Å². The first kappa shape index (κ1) is 21.8. The van der Waals surface area contributed by atoms with E-state index in [0.717, 1.165) is 24.3 Å². The van der Waals surface area contributed by atoms with Crippen molar-refractivity contribution >= 4 is 28.4 Å². The predicted molar refractivity (Wildman–Crippen MR) is 127 cm³/mol. The number of benzene rings is 2. The Balaban J connectivity index is 1.70. The Bertz CT molecular complexity index is 1420. The SMILES string of the molecule is CCN(CC)c1ccc2cc(C(=O)Nc3c(C#N)cnn3-c3ccc(C)cc3)c(=O)oc2c1. The summed E-state index contributed by atoms with van der Waals surface area (Å²) >= 11 is 0. The van der Waals surface area contributed by atoms with E-state index in [2.05, 4.69) is 15.3 Å². The van der Waals surface area contributed by atoms with Crippen LogP contribution in [-0.2, 0) is 0 Å². The molecule has 0 atom stereocenters. The summed E-state index contributed by atoms with van der Waals surface area (Å²) < 4.78 is 6.92. The summed E-state index contributed by atoms with van der Waals surface area (Å²) in [7, 11) is 0. The van der Waals surface area contributed by atoms with Crippen molar-refractivity contribution in [3.63, 3.8) is 0 Å². The van der Waals surface area contributed by atoms with Crippen molar-refractivity contribution in [2.45, 2.75) is 20.8 Å². The molecule has 1 amide bonds. The highest BCUT2D eigenvalue weighted by Gasteiger charge is 2.20. The maximum atomic E-state index is 13.0. The molecule has 0 aliphatic carbocycles. The molecule has 0 aliphatic heterocycles. The van der Waals surface area contributed by atoms with Crippen molar-refractivity contribution in [3.05, 3.63) is 81.8 Å². The Morgan fingerprint density at radius 1 is 1.15 bits per heavy atom. The second-order valence-corrected chi connectivity index (χ2v) is 7.56. The third-order valence-electron chi connectivity index (χ3n) is 5.49. The number of aromatic nitrogens is 2. The number of hydrogen-bond donors (Lipinski definition) is 1. The number of anilines is 2. The lowest BCUT2D eigenvalue weighted by Gasteiger charge is -2.21. The molecule has 0 spiro atoms. The Hall–Kier alpha value is -4.38. The molecule has 2 aromatic carbocycles. The molecule has 0 fully saturated rings. The number of carbonyl (C=O) groups excluding carboxylic acids is 1. The number of fused-ring (bicyclic) bond motifs is 1. The van der Waals surface area contributed by atoms with Crippen LogP contribution in [0.25, 0.3) is 16.7 Å². The third kappa shape index (κ3) is 4.21. The summed E-state index contributed by atoms with van der Waals surface area (Å²) in [6.07, 6.45) is 1.37. The molecule has 166 valence electrons. The lowest BCUT2D eigenvalue weighted by atomic mass is 10.1. The summed E-state index contributed by atoms with van der Waals surface area (Å²) in [5.74, 6) is -0.494. The fraction of sp³-hybridized carbons (Fsp3) is 0.200. The van der Waals surface area contributed by atoms with Gasteiger partial charge in [-0.2, -0.15) is 10.4 Å². The Morgan fingerprint density at radius 2 is 1.88 bits per heavy atom. The fourth-order valence-electron chi connectivity index (χ4n) is 3.65. The van der Waals surface area contributed by atoms with Crippen LogP contribution < -0.4 is 15.8 Å². The standard InChI is InChI=1S/C25H23N5O3/c1-4-29(5-2)20-11-8-17-12-21(25(32)33-22(17)13-20)24(31)28-23-18(14-26)15-27-30(23)19-9-6-16(3)7-10-19/h6-13,15H,4-5H2,1-3H3,(H,28,31). The van der Waals surface area contributed by atoms with Gasteiger partial charge in [-0.25, -0.2) is 9.48 Å². The van der Waals surface area contributed by atoms with E-state index in [-0.39, 0.29) is 16.9 Å². The molecule has 1 N–H and O–H groups in total. The predicted octanol–water partition coefficient (Wildman–Crippen LogP) is 4.26. The Morgan fingerprint density at radius 3 is 2.55 bits per heavy atom. The summed E-state index contributed by atoms with van der Waals surface area (Å²) in [4.78, 5) is 27.8. The first-order valence-electron chi connectivity index (χ1n) is 10.6. The van der Waals surface area contributed by atoms with Crippen molar-refractivity contribution < 1.29 is 9.21 Å². The number of aryl methyl sites for hydroxylation is 1. The highest BCUT2D eigenvalue weighted by atomic mass is 16.4. The van der Waals surface area contributed by atoms with Crippen molar-refractivity contribution in [3.8, 4) is 11.8 Å². The van der Waals surface area contributed by atoms with Crippen LogP contribution in [0.3, 0.4) is 0 Å². The molecule has 8 nitrogen and oxygen atoms in total. The quantitative estimate of drug-likeness (QED) is 0.449. The first-order valence-corrected chi connectivity index (χ1v) is 10.6. The van der Waals surface area contributed by atoms with Crippen LogP contribution in [0.4, 0.5) is 11.5 Å². The summed E-state index contributed by atoms with van der Waals surface area (Å²) in [6.45, 7) is 7.70.